The van der Waals surface area contributed by atoms with E-state index >= 15 is 0 Å². The van der Waals surface area contributed by atoms with Crippen molar-refractivity contribution in [3.63, 3.8) is 0 Å². The zero-order valence-electron chi connectivity index (χ0n) is 9.71. The maximum atomic E-state index is 11.6. The zero-order chi connectivity index (χ0) is 14.9. The second kappa shape index (κ2) is 5.51. The topological polar surface area (TPSA) is 102 Å². The summed E-state index contributed by atoms with van der Waals surface area (Å²) in [7, 11) is 0.896. The minimum absolute atomic E-state index is 0.00228. The van der Waals surface area contributed by atoms with Crippen LogP contribution in [0, 0.1) is 0 Å². The van der Waals surface area contributed by atoms with Crippen molar-refractivity contribution in [3.8, 4) is 0 Å². The van der Waals surface area contributed by atoms with Gasteiger partial charge in [-0.1, -0.05) is 0 Å². The highest BCUT2D eigenvalue weighted by Crippen LogP contribution is 2.10. The number of hydrogen-bond donors (Lipinski definition) is 1. The number of hydrogen-bond acceptors (Lipinski definition) is 5. The van der Waals surface area contributed by atoms with E-state index in [4.69, 9.17) is 10.7 Å². The summed E-state index contributed by atoms with van der Waals surface area (Å²) in [6.07, 6.45) is 2.43. The lowest BCUT2D eigenvalue weighted by Crippen LogP contribution is -2.32. The predicted octanol–water partition coefficient (Wildman–Crippen LogP) is 0.670. The van der Waals surface area contributed by atoms with E-state index in [0.29, 0.717) is 5.69 Å². The van der Waals surface area contributed by atoms with Gasteiger partial charge in [0.05, 0.1) is 12.2 Å². The number of H-pyrrole nitrogens is 1. The Hall–Kier alpha value is -1.45. The van der Waals surface area contributed by atoms with Crippen LogP contribution in [0.15, 0.2) is 43.5 Å². The molecule has 0 aliphatic carbocycles. The molecule has 0 spiro atoms. The second-order valence-corrected chi connectivity index (χ2v) is 7.24. The Balaban J connectivity index is 2.50. The van der Waals surface area contributed by atoms with Crippen molar-refractivity contribution in [2.45, 2.75) is 11.4 Å². The van der Waals surface area contributed by atoms with Crippen molar-refractivity contribution >= 4 is 35.7 Å². The average Bonchev–Trinajstić information content (AvgIpc) is 2.33. The fourth-order valence-corrected chi connectivity index (χ4v) is 2.54. The second-order valence-electron chi connectivity index (χ2n) is 3.79. The van der Waals surface area contributed by atoms with E-state index in [2.05, 4.69) is 20.9 Å². The van der Waals surface area contributed by atoms with E-state index in [9.17, 15) is 18.0 Å². The third-order valence-electron chi connectivity index (χ3n) is 2.36. The molecular weight excluding hydrogens is 374 g/mol. The van der Waals surface area contributed by atoms with Gasteiger partial charge in [0.2, 0.25) is 0 Å². The SMILES string of the molecule is O=c1[nH]c(=O)n(Cc2ccc(Br)cn2)cc1S(=O)(=O)Cl. The largest absolute Gasteiger partial charge is 0.328 e. The number of nitrogens with one attached hydrogen (secondary N) is 1. The third-order valence-corrected chi connectivity index (χ3v) is 4.15. The van der Waals surface area contributed by atoms with E-state index in [-0.39, 0.29) is 6.54 Å². The maximum Gasteiger partial charge on any atom is 0.328 e. The molecule has 20 heavy (non-hydrogen) atoms. The quantitative estimate of drug-likeness (QED) is 0.789. The Bertz CT molecular complexity index is 857. The van der Waals surface area contributed by atoms with Crippen molar-refractivity contribution in [1.82, 2.24) is 14.5 Å². The standard InChI is InChI=1S/C10H7BrClN3O4S/c11-6-1-2-7(13-3-6)4-15-5-8(20(12,18)19)9(16)14-10(15)17/h1-3,5H,4H2,(H,14,16,17). The van der Waals surface area contributed by atoms with E-state index < -0.39 is 25.2 Å². The van der Waals surface area contributed by atoms with E-state index in [0.717, 1.165) is 15.2 Å². The lowest BCUT2D eigenvalue weighted by molar-refractivity contribution is 0.602. The van der Waals surface area contributed by atoms with Crippen molar-refractivity contribution in [2.24, 2.45) is 0 Å². The molecule has 0 unspecified atom stereocenters. The van der Waals surface area contributed by atoms with Gasteiger partial charge >= 0.3 is 5.69 Å². The normalized spacial score (nSPS) is 11.5. The van der Waals surface area contributed by atoms with Crippen molar-refractivity contribution in [2.75, 3.05) is 0 Å². The van der Waals surface area contributed by atoms with Crippen LogP contribution in [-0.2, 0) is 15.6 Å². The summed E-state index contributed by atoms with van der Waals surface area (Å²) in [5.74, 6) is 0. The van der Waals surface area contributed by atoms with Gasteiger partial charge in [0.15, 0.2) is 4.90 Å². The summed E-state index contributed by atoms with van der Waals surface area (Å²) in [6.45, 7) is 0.00228. The summed E-state index contributed by atoms with van der Waals surface area (Å²) >= 11 is 3.22. The highest BCUT2D eigenvalue weighted by molar-refractivity contribution is 9.10. The van der Waals surface area contributed by atoms with Crippen LogP contribution < -0.4 is 11.2 Å². The molecule has 2 rings (SSSR count). The molecule has 2 heterocycles. The van der Waals surface area contributed by atoms with Gasteiger partial charge in [-0.05, 0) is 28.1 Å². The molecule has 0 bridgehead atoms. The van der Waals surface area contributed by atoms with Crippen molar-refractivity contribution in [1.29, 1.82) is 0 Å². The number of rotatable bonds is 3. The van der Waals surface area contributed by atoms with E-state index in [1.807, 2.05) is 4.98 Å². The number of pyridine rings is 1. The predicted molar refractivity (Wildman–Crippen MR) is 75.4 cm³/mol. The highest BCUT2D eigenvalue weighted by atomic mass is 79.9. The smallest absolute Gasteiger partial charge is 0.293 e. The van der Waals surface area contributed by atoms with Crippen molar-refractivity contribution < 1.29 is 8.42 Å². The van der Waals surface area contributed by atoms with Gasteiger partial charge in [0, 0.05) is 27.5 Å². The molecule has 0 amide bonds. The molecule has 0 aliphatic heterocycles. The van der Waals surface area contributed by atoms with Gasteiger partial charge in [-0.15, -0.1) is 0 Å². The zero-order valence-corrected chi connectivity index (χ0v) is 12.9. The molecular formula is C10H7BrClN3O4S. The molecule has 7 nitrogen and oxygen atoms in total. The number of aromatic amines is 1. The van der Waals surface area contributed by atoms with Gasteiger partial charge in [0.25, 0.3) is 14.6 Å². The molecule has 0 fully saturated rings. The van der Waals surface area contributed by atoms with Crippen LogP contribution in [0.3, 0.4) is 0 Å². The van der Waals surface area contributed by atoms with Crippen LogP contribution in [0.4, 0.5) is 0 Å². The first-order valence-corrected chi connectivity index (χ1v) is 8.26. The fourth-order valence-electron chi connectivity index (χ4n) is 1.45. The molecule has 0 saturated heterocycles. The van der Waals surface area contributed by atoms with Crippen LogP contribution >= 0.6 is 26.6 Å². The first kappa shape index (κ1) is 14.9. The lowest BCUT2D eigenvalue weighted by Gasteiger charge is -2.05. The molecule has 0 aromatic carbocycles. The average molecular weight is 381 g/mol. The Morgan fingerprint density at radius 3 is 2.60 bits per heavy atom. The Morgan fingerprint density at radius 1 is 1.35 bits per heavy atom. The summed E-state index contributed by atoms with van der Waals surface area (Å²) in [6, 6.07) is 3.37. The maximum absolute atomic E-state index is 11.6. The minimum atomic E-state index is -4.23. The fraction of sp³-hybridized carbons (Fsp3) is 0.100. The van der Waals surface area contributed by atoms with E-state index in [1.165, 1.54) is 6.20 Å². The first-order chi connectivity index (χ1) is 9.27. The van der Waals surface area contributed by atoms with E-state index in [1.54, 1.807) is 12.1 Å². The summed E-state index contributed by atoms with van der Waals surface area (Å²) in [5.41, 5.74) is -1.28. The molecule has 2 aromatic rings. The summed E-state index contributed by atoms with van der Waals surface area (Å²) in [4.78, 5) is 28.3. The minimum Gasteiger partial charge on any atom is -0.293 e. The third kappa shape index (κ3) is 3.35. The number of aromatic nitrogens is 3. The Kier molecular flexibility index (Phi) is 4.11. The molecule has 0 atom stereocenters. The lowest BCUT2D eigenvalue weighted by atomic mass is 10.3. The molecule has 0 saturated carbocycles. The van der Waals surface area contributed by atoms with Crippen LogP contribution in [0.1, 0.15) is 5.69 Å². The van der Waals surface area contributed by atoms with Gasteiger partial charge in [-0.3, -0.25) is 19.3 Å². The molecule has 0 aliphatic rings. The van der Waals surface area contributed by atoms with Gasteiger partial charge < -0.3 is 0 Å². The van der Waals surface area contributed by atoms with Gasteiger partial charge in [0.1, 0.15) is 0 Å². The monoisotopic (exact) mass is 379 g/mol. The molecule has 106 valence electrons. The van der Waals surface area contributed by atoms with Crippen LogP contribution in [0.2, 0.25) is 0 Å². The summed E-state index contributed by atoms with van der Waals surface area (Å²) < 4.78 is 24.2. The van der Waals surface area contributed by atoms with Crippen LogP contribution in [-0.4, -0.2) is 23.0 Å². The summed E-state index contributed by atoms with van der Waals surface area (Å²) in [5, 5.41) is 0. The van der Waals surface area contributed by atoms with Gasteiger partial charge in [-0.25, -0.2) is 13.2 Å². The Labute approximate surface area is 125 Å². The highest BCUT2D eigenvalue weighted by Gasteiger charge is 2.17. The van der Waals surface area contributed by atoms with Crippen LogP contribution in [0.5, 0.6) is 0 Å². The molecule has 2 aromatic heterocycles. The van der Waals surface area contributed by atoms with Gasteiger partial charge in [-0.2, -0.15) is 0 Å². The molecule has 1 N–H and O–H groups in total. The van der Waals surface area contributed by atoms with Crippen LogP contribution in [0.25, 0.3) is 0 Å². The molecule has 0 radical (unpaired) electrons. The number of halogens is 2. The number of nitrogens with zero attached hydrogens (tertiary/aromatic N) is 2. The Morgan fingerprint density at radius 2 is 2.05 bits per heavy atom. The first-order valence-electron chi connectivity index (χ1n) is 5.16. The van der Waals surface area contributed by atoms with Crippen molar-refractivity contribution in [3.05, 3.63) is 55.5 Å². The molecule has 10 heteroatoms.